The second-order valence-electron chi connectivity index (χ2n) is 9.69. The molecule has 164 valence electrons. The minimum absolute atomic E-state index is 0.131. The molecule has 6 nitrogen and oxygen atoms in total. The third kappa shape index (κ3) is 3.54. The molecule has 2 amide bonds. The summed E-state index contributed by atoms with van der Waals surface area (Å²) >= 11 is 0. The summed E-state index contributed by atoms with van der Waals surface area (Å²) in [6.07, 6.45) is 6.99. The molecular weight excluding hydrogens is 395 g/mol. The van der Waals surface area contributed by atoms with E-state index in [0.717, 1.165) is 25.2 Å². The minimum atomic E-state index is -0.624. The Morgan fingerprint density at radius 1 is 1.26 bits per heavy atom. The molecule has 5 rings (SSSR count). The van der Waals surface area contributed by atoms with Crippen LogP contribution in [0.5, 0.6) is 0 Å². The Labute approximate surface area is 182 Å². The molecule has 2 aromatic rings. The smallest absolute Gasteiger partial charge is 0.253 e. The highest BCUT2D eigenvalue weighted by molar-refractivity contribution is 5.96. The molecule has 3 aliphatic rings. The number of carbonyl (C=O) groups excluding carboxylic acids is 2. The number of hydrogen-bond donors (Lipinski definition) is 0. The average molecular weight is 425 g/mol. The molecule has 2 saturated heterocycles. The zero-order valence-corrected chi connectivity index (χ0v) is 18.1. The fraction of sp³-hybridized carbons (Fsp3) is 0.542. The Kier molecular flexibility index (Phi) is 4.87. The highest BCUT2D eigenvalue weighted by atomic mass is 19.1. The summed E-state index contributed by atoms with van der Waals surface area (Å²) in [6.45, 7) is 6.61. The normalized spacial score (nSPS) is 25.9. The molecule has 1 saturated carbocycles. The van der Waals surface area contributed by atoms with Gasteiger partial charge in [-0.1, -0.05) is 0 Å². The van der Waals surface area contributed by atoms with Gasteiger partial charge < -0.3 is 14.4 Å². The van der Waals surface area contributed by atoms with Gasteiger partial charge in [-0.25, -0.2) is 9.37 Å². The first-order valence-corrected chi connectivity index (χ1v) is 11.2. The van der Waals surface area contributed by atoms with E-state index in [1.165, 1.54) is 37.1 Å². The SMILES string of the molecule is CC(C)n1cnc([C@@H]2CN(C(=O)c3ccc(F)cc3)C[C@@]23CCN(CC2CC2)C3=O)c1. The van der Waals surface area contributed by atoms with E-state index in [9.17, 15) is 14.0 Å². The lowest BCUT2D eigenvalue weighted by Gasteiger charge is -2.28. The molecule has 1 aliphatic carbocycles. The van der Waals surface area contributed by atoms with Crippen molar-refractivity contribution >= 4 is 11.8 Å². The first-order chi connectivity index (χ1) is 14.9. The van der Waals surface area contributed by atoms with Gasteiger partial charge in [0.25, 0.3) is 5.91 Å². The number of aromatic nitrogens is 2. The summed E-state index contributed by atoms with van der Waals surface area (Å²) < 4.78 is 15.4. The van der Waals surface area contributed by atoms with Crippen LogP contribution in [0.15, 0.2) is 36.8 Å². The molecule has 3 heterocycles. The van der Waals surface area contributed by atoms with E-state index in [1.807, 2.05) is 17.4 Å². The quantitative estimate of drug-likeness (QED) is 0.739. The molecule has 1 spiro atoms. The van der Waals surface area contributed by atoms with Crippen LogP contribution in [0.1, 0.15) is 61.1 Å². The van der Waals surface area contributed by atoms with Gasteiger partial charge in [0.1, 0.15) is 5.82 Å². The molecule has 0 N–H and O–H groups in total. The zero-order valence-electron chi connectivity index (χ0n) is 18.1. The molecule has 31 heavy (non-hydrogen) atoms. The van der Waals surface area contributed by atoms with E-state index < -0.39 is 5.41 Å². The molecule has 0 bridgehead atoms. The maximum Gasteiger partial charge on any atom is 0.253 e. The first kappa shape index (κ1) is 20.2. The van der Waals surface area contributed by atoms with Crippen LogP contribution < -0.4 is 0 Å². The number of hydrogen-bond acceptors (Lipinski definition) is 3. The molecule has 1 aromatic carbocycles. The topological polar surface area (TPSA) is 58.4 Å². The molecule has 2 aliphatic heterocycles. The van der Waals surface area contributed by atoms with Crippen LogP contribution in [0.2, 0.25) is 0 Å². The summed E-state index contributed by atoms with van der Waals surface area (Å²) in [6, 6.07) is 5.92. The van der Waals surface area contributed by atoms with Gasteiger partial charge in [-0.3, -0.25) is 9.59 Å². The lowest BCUT2D eigenvalue weighted by atomic mass is 9.75. The molecular formula is C24H29FN4O2. The number of nitrogens with zero attached hydrogens (tertiary/aromatic N) is 4. The van der Waals surface area contributed by atoms with Gasteiger partial charge in [0.2, 0.25) is 5.91 Å². The van der Waals surface area contributed by atoms with Crippen LogP contribution >= 0.6 is 0 Å². The number of imidazole rings is 1. The predicted molar refractivity (Wildman–Crippen MR) is 114 cm³/mol. The Morgan fingerprint density at radius 3 is 2.65 bits per heavy atom. The number of benzene rings is 1. The minimum Gasteiger partial charge on any atom is -0.342 e. The van der Waals surface area contributed by atoms with Gasteiger partial charge in [-0.15, -0.1) is 0 Å². The van der Waals surface area contributed by atoms with Gasteiger partial charge in [0.15, 0.2) is 0 Å². The molecule has 0 radical (unpaired) electrons. The summed E-state index contributed by atoms with van der Waals surface area (Å²) in [7, 11) is 0. The number of carbonyl (C=O) groups is 2. The maximum atomic E-state index is 13.7. The lowest BCUT2D eigenvalue weighted by molar-refractivity contribution is -0.136. The highest BCUT2D eigenvalue weighted by Crippen LogP contribution is 2.50. The van der Waals surface area contributed by atoms with Gasteiger partial charge >= 0.3 is 0 Å². The van der Waals surface area contributed by atoms with Gasteiger partial charge in [-0.05, 0) is 63.3 Å². The van der Waals surface area contributed by atoms with E-state index in [0.29, 0.717) is 24.6 Å². The Bertz CT molecular complexity index is 997. The Morgan fingerprint density at radius 2 is 2.00 bits per heavy atom. The molecule has 7 heteroatoms. The van der Waals surface area contributed by atoms with E-state index in [-0.39, 0.29) is 29.6 Å². The van der Waals surface area contributed by atoms with Gasteiger partial charge in [0.05, 0.1) is 17.4 Å². The maximum absolute atomic E-state index is 13.7. The van der Waals surface area contributed by atoms with E-state index >= 15 is 0 Å². The van der Waals surface area contributed by atoms with Crippen molar-refractivity contribution in [3.63, 3.8) is 0 Å². The van der Waals surface area contributed by atoms with E-state index in [2.05, 4.69) is 23.4 Å². The van der Waals surface area contributed by atoms with Crippen molar-refractivity contribution in [1.82, 2.24) is 19.4 Å². The summed E-state index contributed by atoms with van der Waals surface area (Å²) in [5.74, 6) is 0.148. The summed E-state index contributed by atoms with van der Waals surface area (Å²) in [5, 5.41) is 0. The molecule has 0 unspecified atom stereocenters. The Hall–Kier alpha value is -2.70. The number of likely N-dealkylation sites (tertiary alicyclic amines) is 2. The van der Waals surface area contributed by atoms with Crippen LogP contribution in [0.25, 0.3) is 0 Å². The van der Waals surface area contributed by atoms with Crippen LogP contribution in [0.3, 0.4) is 0 Å². The lowest BCUT2D eigenvalue weighted by Crippen LogP contribution is -2.41. The van der Waals surface area contributed by atoms with Gasteiger partial charge in [-0.2, -0.15) is 0 Å². The highest BCUT2D eigenvalue weighted by Gasteiger charge is 2.59. The summed E-state index contributed by atoms with van der Waals surface area (Å²) in [5.41, 5.74) is 0.704. The van der Waals surface area contributed by atoms with Crippen LogP contribution in [0.4, 0.5) is 4.39 Å². The van der Waals surface area contributed by atoms with Crippen LogP contribution in [0, 0.1) is 17.2 Å². The second kappa shape index (κ2) is 7.46. The van der Waals surface area contributed by atoms with Crippen molar-refractivity contribution in [3.8, 4) is 0 Å². The molecule has 1 aromatic heterocycles. The molecule has 2 atom stereocenters. The Balaban J connectivity index is 1.46. The average Bonchev–Trinajstić information content (AvgIpc) is 3.17. The predicted octanol–water partition coefficient (Wildman–Crippen LogP) is 3.47. The molecule has 3 fully saturated rings. The fourth-order valence-electron chi connectivity index (χ4n) is 5.15. The van der Waals surface area contributed by atoms with E-state index in [4.69, 9.17) is 0 Å². The van der Waals surface area contributed by atoms with Crippen molar-refractivity contribution in [1.29, 1.82) is 0 Å². The standard InChI is InChI=1S/C24H29FN4O2/c1-16(2)29-13-21(26-15-29)20-12-28(22(30)18-5-7-19(25)8-6-18)14-24(20)9-10-27(23(24)31)11-17-3-4-17/h5-8,13,15-17,20H,3-4,9-12,14H2,1-2H3/t20-,24-/m0/s1. The number of amides is 2. The van der Waals surface area contributed by atoms with Crippen molar-refractivity contribution in [2.24, 2.45) is 11.3 Å². The largest absolute Gasteiger partial charge is 0.342 e. The summed E-state index contributed by atoms with van der Waals surface area (Å²) in [4.78, 5) is 35.3. The van der Waals surface area contributed by atoms with Crippen LogP contribution in [-0.4, -0.2) is 57.3 Å². The van der Waals surface area contributed by atoms with E-state index in [1.54, 1.807) is 4.90 Å². The fourth-order valence-corrected chi connectivity index (χ4v) is 5.15. The third-order valence-corrected chi connectivity index (χ3v) is 7.21. The second-order valence-corrected chi connectivity index (χ2v) is 9.69. The number of rotatable bonds is 5. The third-order valence-electron chi connectivity index (χ3n) is 7.21. The van der Waals surface area contributed by atoms with Crippen LogP contribution in [-0.2, 0) is 4.79 Å². The van der Waals surface area contributed by atoms with Crippen molar-refractivity contribution in [3.05, 3.63) is 53.9 Å². The van der Waals surface area contributed by atoms with Gasteiger partial charge in [0, 0.05) is 49.9 Å². The van der Waals surface area contributed by atoms with Crippen molar-refractivity contribution in [2.45, 2.75) is 45.1 Å². The monoisotopic (exact) mass is 424 g/mol. The number of halogens is 1. The zero-order chi connectivity index (χ0) is 21.8. The van der Waals surface area contributed by atoms with Crippen molar-refractivity contribution in [2.75, 3.05) is 26.2 Å². The first-order valence-electron chi connectivity index (χ1n) is 11.2. The van der Waals surface area contributed by atoms with Crippen molar-refractivity contribution < 1.29 is 14.0 Å².